The summed E-state index contributed by atoms with van der Waals surface area (Å²) < 4.78 is 2.04. The quantitative estimate of drug-likeness (QED) is 0.832. The lowest BCUT2D eigenvalue weighted by Gasteiger charge is -2.01. The third-order valence-electron chi connectivity index (χ3n) is 2.55. The maximum absolute atomic E-state index is 9.39. The first-order valence-electron chi connectivity index (χ1n) is 4.99. The standard InChI is InChI=1S/C12H14ClNO/c1-8(15)5-9-7-14(2)12-6-10(13)3-4-11(9)12/h3-4,6-8,15H,5H2,1-2H3. The van der Waals surface area contributed by atoms with Crippen LogP contribution in [-0.2, 0) is 13.5 Å². The maximum atomic E-state index is 9.39. The van der Waals surface area contributed by atoms with Gasteiger partial charge in [0, 0.05) is 35.6 Å². The number of aliphatic hydroxyl groups excluding tert-OH is 1. The summed E-state index contributed by atoms with van der Waals surface area (Å²) in [5.74, 6) is 0. The summed E-state index contributed by atoms with van der Waals surface area (Å²) in [5.41, 5.74) is 2.28. The minimum Gasteiger partial charge on any atom is -0.393 e. The highest BCUT2D eigenvalue weighted by Gasteiger charge is 2.08. The molecule has 1 atom stereocenters. The Morgan fingerprint density at radius 3 is 2.87 bits per heavy atom. The molecular formula is C12H14ClNO. The average molecular weight is 224 g/mol. The van der Waals surface area contributed by atoms with Gasteiger partial charge in [-0.3, -0.25) is 0 Å². The number of aliphatic hydroxyl groups is 1. The number of hydrogen-bond acceptors (Lipinski definition) is 1. The van der Waals surface area contributed by atoms with Crippen LogP contribution in [0.1, 0.15) is 12.5 Å². The SMILES string of the molecule is CC(O)Cc1cn(C)c2cc(Cl)ccc12. The summed E-state index contributed by atoms with van der Waals surface area (Å²) >= 11 is 5.94. The van der Waals surface area contributed by atoms with E-state index in [4.69, 9.17) is 11.6 Å². The molecule has 15 heavy (non-hydrogen) atoms. The van der Waals surface area contributed by atoms with Crippen LogP contribution in [-0.4, -0.2) is 15.8 Å². The molecule has 0 saturated carbocycles. The molecule has 0 amide bonds. The van der Waals surface area contributed by atoms with Gasteiger partial charge in [-0.2, -0.15) is 0 Å². The molecule has 0 spiro atoms. The second-order valence-electron chi connectivity index (χ2n) is 3.98. The molecule has 1 aromatic carbocycles. The largest absolute Gasteiger partial charge is 0.393 e. The van der Waals surface area contributed by atoms with Crippen molar-refractivity contribution >= 4 is 22.5 Å². The van der Waals surface area contributed by atoms with Gasteiger partial charge >= 0.3 is 0 Å². The number of hydrogen-bond donors (Lipinski definition) is 1. The summed E-state index contributed by atoms with van der Waals surface area (Å²) in [6.07, 6.45) is 2.42. The van der Waals surface area contributed by atoms with Crippen LogP contribution >= 0.6 is 11.6 Å². The molecule has 80 valence electrons. The monoisotopic (exact) mass is 223 g/mol. The van der Waals surface area contributed by atoms with Crippen LogP contribution in [0.2, 0.25) is 5.02 Å². The van der Waals surface area contributed by atoms with Crippen molar-refractivity contribution in [2.24, 2.45) is 7.05 Å². The molecule has 1 heterocycles. The summed E-state index contributed by atoms with van der Waals surface area (Å²) in [6.45, 7) is 1.80. The summed E-state index contributed by atoms with van der Waals surface area (Å²) in [7, 11) is 1.99. The van der Waals surface area contributed by atoms with Gasteiger partial charge in [-0.1, -0.05) is 17.7 Å². The van der Waals surface area contributed by atoms with Gasteiger partial charge in [-0.15, -0.1) is 0 Å². The van der Waals surface area contributed by atoms with Crippen LogP contribution in [0.25, 0.3) is 10.9 Å². The summed E-state index contributed by atoms with van der Waals surface area (Å²) in [4.78, 5) is 0. The number of aromatic nitrogens is 1. The molecule has 2 rings (SSSR count). The van der Waals surface area contributed by atoms with Crippen molar-refractivity contribution in [3.8, 4) is 0 Å². The summed E-state index contributed by atoms with van der Waals surface area (Å²) in [6, 6.07) is 5.84. The Labute approximate surface area is 94.1 Å². The fourth-order valence-electron chi connectivity index (χ4n) is 1.92. The summed E-state index contributed by atoms with van der Waals surface area (Å²) in [5, 5.41) is 11.3. The van der Waals surface area contributed by atoms with Crippen LogP contribution in [0.3, 0.4) is 0 Å². The molecular weight excluding hydrogens is 210 g/mol. The van der Waals surface area contributed by atoms with Crippen LogP contribution in [0.4, 0.5) is 0 Å². The Bertz CT molecular complexity index is 488. The normalized spacial score (nSPS) is 13.3. The van der Waals surface area contributed by atoms with Crippen LogP contribution < -0.4 is 0 Å². The Morgan fingerprint density at radius 2 is 2.20 bits per heavy atom. The van der Waals surface area contributed by atoms with E-state index in [1.165, 1.54) is 10.9 Å². The first kappa shape index (κ1) is 10.5. The van der Waals surface area contributed by atoms with Crippen molar-refractivity contribution in [1.29, 1.82) is 0 Å². The second-order valence-corrected chi connectivity index (χ2v) is 4.42. The second kappa shape index (κ2) is 3.87. The van der Waals surface area contributed by atoms with Crippen molar-refractivity contribution in [1.82, 2.24) is 4.57 Å². The van der Waals surface area contributed by atoms with Gasteiger partial charge in [-0.05, 0) is 24.6 Å². The number of rotatable bonds is 2. The highest BCUT2D eigenvalue weighted by atomic mass is 35.5. The molecule has 0 saturated heterocycles. The van der Waals surface area contributed by atoms with Gasteiger partial charge in [-0.25, -0.2) is 0 Å². The van der Waals surface area contributed by atoms with Gasteiger partial charge in [0.05, 0.1) is 6.10 Å². The molecule has 3 heteroatoms. The number of fused-ring (bicyclic) bond motifs is 1. The molecule has 0 aliphatic heterocycles. The fourth-order valence-corrected chi connectivity index (χ4v) is 2.09. The van der Waals surface area contributed by atoms with E-state index in [9.17, 15) is 5.11 Å². The third-order valence-corrected chi connectivity index (χ3v) is 2.79. The van der Waals surface area contributed by atoms with Gasteiger partial charge < -0.3 is 9.67 Å². The Hall–Kier alpha value is -0.990. The van der Waals surface area contributed by atoms with E-state index in [0.717, 1.165) is 10.5 Å². The highest BCUT2D eigenvalue weighted by molar-refractivity contribution is 6.31. The Kier molecular flexibility index (Phi) is 2.72. The lowest BCUT2D eigenvalue weighted by molar-refractivity contribution is 0.196. The molecule has 1 N–H and O–H groups in total. The van der Waals surface area contributed by atoms with E-state index >= 15 is 0 Å². The van der Waals surface area contributed by atoms with Crippen molar-refractivity contribution < 1.29 is 5.11 Å². The minimum atomic E-state index is -0.314. The molecule has 1 aromatic heterocycles. The zero-order valence-electron chi connectivity index (χ0n) is 8.87. The third kappa shape index (κ3) is 2.01. The molecule has 0 aliphatic carbocycles. The lowest BCUT2D eigenvalue weighted by atomic mass is 10.1. The lowest BCUT2D eigenvalue weighted by Crippen LogP contribution is -2.03. The van der Waals surface area contributed by atoms with Gasteiger partial charge in [0.25, 0.3) is 0 Å². The smallest absolute Gasteiger partial charge is 0.0553 e. The van der Waals surface area contributed by atoms with Crippen molar-refractivity contribution in [3.63, 3.8) is 0 Å². The zero-order valence-corrected chi connectivity index (χ0v) is 9.62. The molecule has 0 radical (unpaired) electrons. The molecule has 2 nitrogen and oxygen atoms in total. The van der Waals surface area contributed by atoms with Gasteiger partial charge in [0.2, 0.25) is 0 Å². The van der Waals surface area contributed by atoms with E-state index < -0.39 is 0 Å². The van der Waals surface area contributed by atoms with Crippen LogP contribution in [0, 0.1) is 0 Å². The van der Waals surface area contributed by atoms with Crippen molar-refractivity contribution in [2.45, 2.75) is 19.4 Å². The average Bonchev–Trinajstić information content (AvgIpc) is 2.42. The predicted molar refractivity (Wildman–Crippen MR) is 63.3 cm³/mol. The molecule has 1 unspecified atom stereocenters. The maximum Gasteiger partial charge on any atom is 0.0553 e. The molecule has 0 bridgehead atoms. The number of aryl methyl sites for hydroxylation is 1. The Balaban J connectivity index is 2.57. The van der Waals surface area contributed by atoms with E-state index in [-0.39, 0.29) is 6.10 Å². The van der Waals surface area contributed by atoms with Crippen LogP contribution in [0.15, 0.2) is 24.4 Å². The van der Waals surface area contributed by atoms with E-state index in [2.05, 4.69) is 0 Å². The van der Waals surface area contributed by atoms with Crippen molar-refractivity contribution in [3.05, 3.63) is 35.0 Å². The van der Waals surface area contributed by atoms with E-state index in [1.807, 2.05) is 36.0 Å². The van der Waals surface area contributed by atoms with Gasteiger partial charge in [0.1, 0.15) is 0 Å². The van der Waals surface area contributed by atoms with Crippen LogP contribution in [0.5, 0.6) is 0 Å². The first-order chi connectivity index (χ1) is 7.08. The number of halogens is 1. The van der Waals surface area contributed by atoms with Gasteiger partial charge in [0.15, 0.2) is 0 Å². The topological polar surface area (TPSA) is 25.2 Å². The Morgan fingerprint density at radius 1 is 1.47 bits per heavy atom. The number of benzene rings is 1. The first-order valence-corrected chi connectivity index (χ1v) is 5.37. The molecule has 2 aromatic rings. The van der Waals surface area contributed by atoms with E-state index in [1.54, 1.807) is 6.92 Å². The highest BCUT2D eigenvalue weighted by Crippen LogP contribution is 2.24. The number of nitrogens with zero attached hydrogens (tertiary/aromatic N) is 1. The fraction of sp³-hybridized carbons (Fsp3) is 0.333. The predicted octanol–water partition coefficient (Wildman–Crippen LogP) is 2.76. The van der Waals surface area contributed by atoms with E-state index in [0.29, 0.717) is 6.42 Å². The molecule has 0 fully saturated rings. The van der Waals surface area contributed by atoms with Crippen molar-refractivity contribution in [2.75, 3.05) is 0 Å². The minimum absolute atomic E-state index is 0.314. The zero-order chi connectivity index (χ0) is 11.0. The molecule has 0 aliphatic rings.